The number of Topliss-reactive ketones (excluding diaryl/α,β-unsaturated/α-hetero) is 1. The minimum atomic E-state index is -0.945. The Balaban J connectivity index is 0.000000351. The van der Waals surface area contributed by atoms with Gasteiger partial charge in [0.2, 0.25) is 0 Å². The van der Waals surface area contributed by atoms with Crippen LogP contribution in [0.5, 0.6) is 0 Å². The van der Waals surface area contributed by atoms with Crippen LogP contribution >= 0.6 is 0 Å². The van der Waals surface area contributed by atoms with E-state index in [0.29, 0.717) is 5.56 Å². The van der Waals surface area contributed by atoms with E-state index in [2.05, 4.69) is 20.8 Å². The number of aliphatic carboxylic acids is 1. The van der Waals surface area contributed by atoms with Crippen LogP contribution in [0.15, 0.2) is 42.5 Å². The summed E-state index contributed by atoms with van der Waals surface area (Å²) >= 11 is -0.789. The number of carboxylic acids is 1. The van der Waals surface area contributed by atoms with E-state index in [1.807, 2.05) is 30.3 Å². The molecule has 2 rings (SSSR count). The van der Waals surface area contributed by atoms with E-state index in [4.69, 9.17) is 5.11 Å². The van der Waals surface area contributed by atoms with Crippen LogP contribution in [0.3, 0.4) is 0 Å². The smallest absolute Gasteiger partial charge is 0.303 e. The Labute approximate surface area is 153 Å². The van der Waals surface area contributed by atoms with Crippen LogP contribution in [-0.4, -0.2) is 39.6 Å². The normalized spacial score (nSPS) is 10.3. The topological polar surface area (TPSA) is 54.4 Å². The third-order valence-electron chi connectivity index (χ3n) is 4.14. The number of carboxylic acid groups (broad SMARTS) is 1. The second-order valence-electron chi connectivity index (χ2n) is 5.69. The van der Waals surface area contributed by atoms with Crippen molar-refractivity contribution >= 4 is 45.2 Å². The number of benzene rings is 2. The summed E-state index contributed by atoms with van der Waals surface area (Å²) in [5.41, 5.74) is 0.574. The zero-order valence-corrected chi connectivity index (χ0v) is 18.7. The van der Waals surface area contributed by atoms with Gasteiger partial charge in [-0.05, 0) is 16.8 Å². The van der Waals surface area contributed by atoms with Gasteiger partial charge in [-0.2, -0.15) is 0 Å². The van der Waals surface area contributed by atoms with Crippen molar-refractivity contribution in [3.63, 3.8) is 0 Å². The van der Waals surface area contributed by atoms with Crippen molar-refractivity contribution < 1.29 is 14.7 Å². The Bertz CT molecular complexity index is 657. The Kier molecular flexibility index (Phi) is 9.83. The first-order valence-electron chi connectivity index (χ1n) is 8.59. The van der Waals surface area contributed by atoms with E-state index in [1.165, 1.54) is 0 Å². The predicted octanol–water partition coefficient (Wildman–Crippen LogP) is 5.43. The third kappa shape index (κ3) is 7.11. The van der Waals surface area contributed by atoms with Crippen molar-refractivity contribution in [1.82, 2.24) is 0 Å². The first-order chi connectivity index (χ1) is 11.5. The molecule has 1 radical (unpaired) electrons. The number of hydrogen-bond donors (Lipinski definition) is 1. The third-order valence-corrected chi connectivity index (χ3v) is 15.8. The molecule has 2 aromatic carbocycles. The molecule has 0 aliphatic carbocycles. The average molecular weight is 523 g/mol. The average Bonchev–Trinajstić information content (AvgIpc) is 2.61. The number of fused-ring (bicyclic) bond motifs is 1. The SMILES string of the molecule is C[CH2][Pb]([CH2]C)[CH2]C.O=C(O)CCC(=O)c1ccc2ccccc2c1. The molecule has 0 aromatic heterocycles. The molecule has 0 atom stereocenters. The van der Waals surface area contributed by atoms with Gasteiger partial charge in [-0.3, -0.25) is 9.59 Å². The summed E-state index contributed by atoms with van der Waals surface area (Å²) in [4.78, 5) is 22.1. The Morgan fingerprint density at radius 3 is 1.96 bits per heavy atom. The van der Waals surface area contributed by atoms with Gasteiger partial charge in [-0.1, -0.05) is 36.4 Å². The molecule has 0 aliphatic rings. The van der Waals surface area contributed by atoms with E-state index in [0.717, 1.165) is 10.8 Å². The number of carbonyl (C=O) groups is 2. The fourth-order valence-corrected chi connectivity index (χ4v) is 8.31. The first-order valence-corrected chi connectivity index (χ1v) is 16.8. The molecule has 24 heavy (non-hydrogen) atoms. The quantitative estimate of drug-likeness (QED) is 0.390. The maximum absolute atomic E-state index is 11.7. The van der Waals surface area contributed by atoms with Gasteiger partial charge in [-0.15, -0.1) is 0 Å². The summed E-state index contributed by atoms with van der Waals surface area (Å²) < 4.78 is 4.70. The molecule has 2 aromatic rings. The van der Waals surface area contributed by atoms with Crippen LogP contribution in [0.4, 0.5) is 0 Å². The monoisotopic (exact) mass is 523 g/mol. The number of carbonyl (C=O) groups excluding carboxylic acids is 1. The first kappa shape index (κ1) is 20.8. The molecule has 0 fully saturated rings. The van der Waals surface area contributed by atoms with Crippen LogP contribution in [-0.2, 0) is 4.79 Å². The summed E-state index contributed by atoms with van der Waals surface area (Å²) in [5, 5.41) is 10.6. The molecule has 0 bridgehead atoms. The van der Waals surface area contributed by atoms with Gasteiger partial charge < -0.3 is 5.11 Å². The van der Waals surface area contributed by atoms with Crippen LogP contribution < -0.4 is 0 Å². The van der Waals surface area contributed by atoms with E-state index in [-0.39, 0.29) is 18.6 Å². The standard InChI is InChI=1S/C14H12O3.3C2H5.Pb/c15-13(7-8-14(16)17)12-6-5-10-3-1-2-4-11(10)9-12;3*1-2;/h1-6,9H,7-8H2,(H,16,17);3*1H2,2H3;. The summed E-state index contributed by atoms with van der Waals surface area (Å²) in [6.07, 6.45) is -0.0701. The number of rotatable bonds is 7. The molecule has 0 saturated heterocycles. The van der Waals surface area contributed by atoms with Crippen LogP contribution in [0.1, 0.15) is 44.0 Å². The van der Waals surface area contributed by atoms with Gasteiger partial charge in [0.1, 0.15) is 0 Å². The predicted molar refractivity (Wildman–Crippen MR) is 102 cm³/mol. The molecule has 4 heteroatoms. The van der Waals surface area contributed by atoms with Crippen molar-refractivity contribution in [2.45, 2.75) is 45.6 Å². The maximum atomic E-state index is 11.7. The Morgan fingerprint density at radius 2 is 1.46 bits per heavy atom. The van der Waals surface area contributed by atoms with Gasteiger partial charge >= 0.3 is 61.4 Å². The molecule has 0 amide bonds. The van der Waals surface area contributed by atoms with Crippen molar-refractivity contribution in [2.24, 2.45) is 0 Å². The summed E-state index contributed by atoms with van der Waals surface area (Å²) in [7, 11) is 0. The molecule has 0 saturated carbocycles. The van der Waals surface area contributed by atoms with Gasteiger partial charge in [0, 0.05) is 12.0 Å². The van der Waals surface area contributed by atoms with E-state index < -0.39 is 28.7 Å². The van der Waals surface area contributed by atoms with Gasteiger partial charge in [0.15, 0.2) is 5.78 Å². The Morgan fingerprint density at radius 1 is 0.875 bits per heavy atom. The second-order valence-corrected chi connectivity index (χ2v) is 19.8. The van der Waals surface area contributed by atoms with E-state index in [1.54, 1.807) is 24.1 Å². The minimum absolute atomic E-state index is 0.0493. The van der Waals surface area contributed by atoms with E-state index >= 15 is 0 Å². The summed E-state index contributed by atoms with van der Waals surface area (Å²) in [6, 6.07) is 13.2. The zero-order valence-electron chi connectivity index (χ0n) is 14.8. The van der Waals surface area contributed by atoms with E-state index in [9.17, 15) is 9.59 Å². The fourth-order valence-electron chi connectivity index (χ4n) is 2.48. The molecule has 0 heterocycles. The van der Waals surface area contributed by atoms with Gasteiger partial charge in [0.25, 0.3) is 0 Å². The second kappa shape index (κ2) is 11.3. The molecule has 0 unspecified atom stereocenters. The van der Waals surface area contributed by atoms with Gasteiger partial charge in [0.05, 0.1) is 6.42 Å². The summed E-state index contributed by atoms with van der Waals surface area (Å²) in [6.45, 7) is 7.07. The number of ketones is 1. The minimum Gasteiger partial charge on any atom is -0.481 e. The van der Waals surface area contributed by atoms with Crippen LogP contribution in [0.2, 0.25) is 11.9 Å². The molecular weight excluding hydrogens is 495 g/mol. The zero-order chi connectivity index (χ0) is 17.9. The van der Waals surface area contributed by atoms with Crippen molar-refractivity contribution in [2.75, 3.05) is 0 Å². The molecule has 1 N–H and O–H groups in total. The van der Waals surface area contributed by atoms with Gasteiger partial charge in [-0.25, -0.2) is 0 Å². The van der Waals surface area contributed by atoms with Crippen LogP contribution in [0, 0.1) is 0 Å². The maximum Gasteiger partial charge on any atom is 0.303 e. The van der Waals surface area contributed by atoms with Crippen molar-refractivity contribution in [3.05, 3.63) is 48.0 Å². The Hall–Kier alpha value is -1.24. The van der Waals surface area contributed by atoms with Crippen molar-refractivity contribution in [3.8, 4) is 0 Å². The largest absolute Gasteiger partial charge is 0.481 e. The van der Waals surface area contributed by atoms with Crippen molar-refractivity contribution in [1.29, 1.82) is 0 Å². The molecular formula is C20H27O3Pb. The fraction of sp³-hybridized carbons (Fsp3) is 0.400. The van der Waals surface area contributed by atoms with Crippen LogP contribution in [0.25, 0.3) is 10.8 Å². The molecule has 129 valence electrons. The molecule has 0 spiro atoms. The number of hydrogen-bond acceptors (Lipinski definition) is 2. The molecule has 3 nitrogen and oxygen atoms in total. The molecule has 0 aliphatic heterocycles. The summed E-state index contributed by atoms with van der Waals surface area (Å²) in [5.74, 6) is -1.07.